The molecule has 0 aromatic carbocycles. The Bertz CT molecular complexity index is 746. The first-order chi connectivity index (χ1) is 13.8. The summed E-state index contributed by atoms with van der Waals surface area (Å²) in [6, 6.07) is -0.353. The molecule has 0 spiro atoms. The number of amides is 1. The summed E-state index contributed by atoms with van der Waals surface area (Å²) in [4.78, 5) is 23.7. The lowest BCUT2D eigenvalue weighted by molar-refractivity contribution is -0.259. The number of carbonyl (C=O) groups is 2. The van der Waals surface area contributed by atoms with Crippen LogP contribution < -0.4 is 5.32 Å². The van der Waals surface area contributed by atoms with Gasteiger partial charge >= 0.3 is 5.97 Å². The Morgan fingerprint density at radius 1 is 1.31 bits per heavy atom. The third-order valence-electron chi connectivity index (χ3n) is 8.02. The minimum atomic E-state index is -0.353. The quantitative estimate of drug-likeness (QED) is 0.445. The van der Waals surface area contributed by atoms with E-state index >= 15 is 0 Å². The van der Waals surface area contributed by atoms with Crippen LogP contribution in [0.15, 0.2) is 23.8 Å². The van der Waals surface area contributed by atoms with E-state index in [1.54, 1.807) is 0 Å². The van der Waals surface area contributed by atoms with E-state index in [9.17, 15) is 9.59 Å². The number of esters is 1. The monoisotopic (exact) mass is 403 g/mol. The van der Waals surface area contributed by atoms with E-state index in [0.717, 1.165) is 38.7 Å². The lowest BCUT2D eigenvalue weighted by Gasteiger charge is -2.61. The Hall–Kier alpha value is -1.66. The van der Waals surface area contributed by atoms with Gasteiger partial charge in [-0.15, -0.1) is 0 Å². The first-order valence-electron chi connectivity index (χ1n) is 10.8. The Balaban J connectivity index is 1.59. The van der Waals surface area contributed by atoms with Gasteiger partial charge in [0.15, 0.2) is 0 Å². The highest BCUT2D eigenvalue weighted by Crippen LogP contribution is 2.62. The van der Waals surface area contributed by atoms with Gasteiger partial charge in [-0.05, 0) is 49.4 Å². The van der Waals surface area contributed by atoms with Crippen molar-refractivity contribution in [2.45, 2.75) is 65.0 Å². The Morgan fingerprint density at radius 3 is 2.86 bits per heavy atom. The van der Waals surface area contributed by atoms with Gasteiger partial charge in [-0.25, -0.2) is 4.79 Å². The van der Waals surface area contributed by atoms with E-state index in [1.807, 2.05) is 6.08 Å². The van der Waals surface area contributed by atoms with Crippen molar-refractivity contribution in [2.75, 3.05) is 20.0 Å². The van der Waals surface area contributed by atoms with Crippen molar-refractivity contribution >= 4 is 11.9 Å². The van der Waals surface area contributed by atoms with Crippen LogP contribution in [0.5, 0.6) is 0 Å². The second-order valence-electron chi connectivity index (χ2n) is 9.72. The van der Waals surface area contributed by atoms with Crippen LogP contribution in [0, 0.1) is 22.7 Å². The van der Waals surface area contributed by atoms with Crippen LogP contribution >= 0.6 is 0 Å². The molecule has 29 heavy (non-hydrogen) atoms. The van der Waals surface area contributed by atoms with Crippen LogP contribution in [0.25, 0.3) is 0 Å². The van der Waals surface area contributed by atoms with Crippen molar-refractivity contribution in [2.24, 2.45) is 22.7 Å². The zero-order chi connectivity index (χ0) is 20.8. The van der Waals surface area contributed by atoms with Crippen LogP contribution in [0.1, 0.15) is 52.9 Å². The van der Waals surface area contributed by atoms with Crippen LogP contribution in [-0.4, -0.2) is 44.0 Å². The van der Waals surface area contributed by atoms with Crippen molar-refractivity contribution in [3.63, 3.8) is 0 Å². The molecule has 2 saturated carbocycles. The van der Waals surface area contributed by atoms with Crippen molar-refractivity contribution in [1.82, 2.24) is 5.32 Å². The highest BCUT2D eigenvalue weighted by molar-refractivity contribution is 5.93. The predicted octanol–water partition coefficient (Wildman–Crippen LogP) is 3.13. The fourth-order valence-electron chi connectivity index (χ4n) is 6.58. The molecule has 2 aliphatic carbocycles. The summed E-state index contributed by atoms with van der Waals surface area (Å²) in [6.45, 7) is 11.9. The summed E-state index contributed by atoms with van der Waals surface area (Å²) in [7, 11) is 0. The van der Waals surface area contributed by atoms with Gasteiger partial charge < -0.3 is 19.5 Å². The van der Waals surface area contributed by atoms with E-state index < -0.39 is 0 Å². The first-order valence-corrected chi connectivity index (χ1v) is 10.8. The van der Waals surface area contributed by atoms with Gasteiger partial charge in [-0.1, -0.05) is 32.1 Å². The molecule has 1 amide bonds. The molecular formula is C23H33NO5. The Kier molecular flexibility index (Phi) is 5.36. The molecule has 0 radical (unpaired) electrons. The number of fused-ring (bicyclic) bond motifs is 3. The number of cyclic esters (lactones) is 1. The summed E-state index contributed by atoms with van der Waals surface area (Å²) in [5.74, 6) is 0.304. The molecule has 4 aliphatic rings. The smallest absolute Gasteiger partial charge is 0.336 e. The van der Waals surface area contributed by atoms with Crippen LogP contribution in [0.4, 0.5) is 0 Å². The average molecular weight is 404 g/mol. The van der Waals surface area contributed by atoms with Crippen LogP contribution in [0.3, 0.4) is 0 Å². The van der Waals surface area contributed by atoms with Gasteiger partial charge in [0.05, 0.1) is 24.3 Å². The lowest BCUT2D eigenvalue weighted by Crippen LogP contribution is -2.60. The number of allylic oxidation sites excluding steroid dienone is 2. The van der Waals surface area contributed by atoms with Gasteiger partial charge in [0, 0.05) is 12.3 Å². The highest BCUT2D eigenvalue weighted by atomic mass is 16.7. The van der Waals surface area contributed by atoms with Gasteiger partial charge in [-0.3, -0.25) is 4.79 Å². The largest absolute Gasteiger partial charge is 0.460 e. The number of ether oxygens (including phenoxy) is 3. The molecule has 6 atom stereocenters. The number of hydrogen-bond donors (Lipinski definition) is 1. The maximum absolute atomic E-state index is 12.2. The minimum absolute atomic E-state index is 0.0162. The molecule has 2 saturated heterocycles. The van der Waals surface area contributed by atoms with E-state index in [1.165, 1.54) is 12.5 Å². The molecule has 2 aliphatic heterocycles. The second kappa shape index (κ2) is 7.55. The summed E-state index contributed by atoms with van der Waals surface area (Å²) in [5, 5.41) is 2.82. The average Bonchev–Trinajstić information content (AvgIpc) is 2.99. The number of carbonyl (C=O) groups excluding carboxylic acids is 2. The third-order valence-corrected chi connectivity index (χ3v) is 8.02. The maximum Gasteiger partial charge on any atom is 0.336 e. The van der Waals surface area contributed by atoms with Crippen LogP contribution in [-0.2, 0) is 23.8 Å². The molecule has 0 aromatic heterocycles. The first kappa shape index (κ1) is 20.6. The summed E-state index contributed by atoms with van der Waals surface area (Å²) >= 11 is 0. The predicted molar refractivity (Wildman–Crippen MR) is 108 cm³/mol. The molecule has 2 heterocycles. The SMILES string of the molecule is C=C1CC[C@@H]2[C@]3(C)COCO[C@@H]3CC[C@@]2(C)[C@@H]1C/C=C1/C(=O)OCC1NC(C)=O. The van der Waals surface area contributed by atoms with Crippen molar-refractivity contribution in [3.8, 4) is 0 Å². The normalized spacial score (nSPS) is 43.5. The van der Waals surface area contributed by atoms with Gasteiger partial charge in [0.1, 0.15) is 13.4 Å². The zero-order valence-corrected chi connectivity index (χ0v) is 17.8. The fourth-order valence-corrected chi connectivity index (χ4v) is 6.58. The van der Waals surface area contributed by atoms with E-state index in [0.29, 0.717) is 24.2 Å². The maximum atomic E-state index is 12.2. The summed E-state index contributed by atoms with van der Waals surface area (Å²) in [5.41, 5.74) is 1.95. The molecule has 4 fully saturated rings. The summed E-state index contributed by atoms with van der Waals surface area (Å²) < 4.78 is 16.9. The van der Waals surface area contributed by atoms with Gasteiger partial charge in [0.25, 0.3) is 0 Å². The highest BCUT2D eigenvalue weighted by Gasteiger charge is 2.59. The summed E-state index contributed by atoms with van der Waals surface area (Å²) in [6.07, 6.45) is 7.22. The zero-order valence-electron chi connectivity index (χ0n) is 17.8. The molecule has 0 aromatic rings. The van der Waals surface area contributed by atoms with Gasteiger partial charge in [-0.2, -0.15) is 0 Å². The fraction of sp³-hybridized carbons (Fsp3) is 0.739. The second-order valence-corrected chi connectivity index (χ2v) is 9.72. The molecule has 6 nitrogen and oxygen atoms in total. The van der Waals surface area contributed by atoms with Crippen LogP contribution in [0.2, 0.25) is 0 Å². The van der Waals surface area contributed by atoms with E-state index in [-0.39, 0.29) is 41.5 Å². The van der Waals surface area contributed by atoms with E-state index in [2.05, 4.69) is 25.7 Å². The molecule has 1 unspecified atom stereocenters. The molecule has 160 valence electrons. The van der Waals surface area contributed by atoms with Crippen molar-refractivity contribution < 1.29 is 23.8 Å². The number of nitrogens with one attached hydrogen (secondary N) is 1. The number of rotatable bonds is 3. The number of hydrogen-bond acceptors (Lipinski definition) is 5. The molecule has 1 N–H and O–H groups in total. The third kappa shape index (κ3) is 3.44. The molecule has 4 rings (SSSR count). The Labute approximate surface area is 173 Å². The topological polar surface area (TPSA) is 73.9 Å². The molecule has 0 bridgehead atoms. The molecular weight excluding hydrogens is 370 g/mol. The van der Waals surface area contributed by atoms with E-state index in [4.69, 9.17) is 14.2 Å². The lowest BCUT2D eigenvalue weighted by atomic mass is 9.46. The minimum Gasteiger partial charge on any atom is -0.460 e. The molecule has 6 heteroatoms. The standard InChI is InChI=1S/C23H33NO5/c1-14-5-8-19-22(3,10-9-20-23(19,4)12-27-13-29-20)17(14)7-6-16-18(24-15(2)25)11-28-21(16)26/h6,17-20H,1,5,7-13H2,2-4H3,(H,24,25)/b16-6+/t17-,18?,19+,20-,22+,23+/m1/s1. The van der Waals surface area contributed by atoms with Crippen molar-refractivity contribution in [1.29, 1.82) is 0 Å². The van der Waals surface area contributed by atoms with Crippen molar-refractivity contribution in [3.05, 3.63) is 23.8 Å². The van der Waals surface area contributed by atoms with Gasteiger partial charge in [0.2, 0.25) is 5.91 Å². The Morgan fingerprint density at radius 2 is 2.10 bits per heavy atom.